The number of rotatable bonds is 0. The highest BCUT2D eigenvalue weighted by atomic mass is 127. The van der Waals surface area contributed by atoms with E-state index in [1.807, 2.05) is 6.07 Å². The second-order valence-corrected chi connectivity index (χ2v) is 5.05. The molecule has 0 radical (unpaired) electrons. The molecule has 1 aromatic rings. The predicted molar refractivity (Wildman–Crippen MR) is 62.2 cm³/mol. The van der Waals surface area contributed by atoms with Crippen molar-refractivity contribution >= 4 is 38.5 Å². The maximum atomic E-state index is 13.6. The van der Waals surface area contributed by atoms with E-state index in [0.717, 1.165) is 34.2 Å². The van der Waals surface area contributed by atoms with E-state index in [1.165, 1.54) is 0 Å². The molecule has 0 atom stereocenters. The molecule has 0 amide bonds. The Morgan fingerprint density at radius 1 is 1.46 bits per heavy atom. The molecule has 13 heavy (non-hydrogen) atoms. The van der Waals surface area contributed by atoms with Crippen LogP contribution >= 0.6 is 38.5 Å². The van der Waals surface area contributed by atoms with Gasteiger partial charge in [0.25, 0.3) is 0 Å². The van der Waals surface area contributed by atoms with Crippen LogP contribution in [0.2, 0.25) is 0 Å². The van der Waals surface area contributed by atoms with Crippen LogP contribution in [0, 0.1) is 9.39 Å². The molecule has 1 N–H and O–H groups in total. The third-order valence-electron chi connectivity index (χ3n) is 2.23. The molecule has 1 heterocycles. The molecule has 0 bridgehead atoms. The Hall–Kier alpha value is 0.320. The minimum Gasteiger partial charge on any atom is -0.312 e. The number of hydrogen-bond donors (Lipinski definition) is 1. The van der Waals surface area contributed by atoms with E-state index in [2.05, 4.69) is 43.8 Å². The summed E-state index contributed by atoms with van der Waals surface area (Å²) in [5, 5.41) is 3.24. The Labute approximate surface area is 98.4 Å². The van der Waals surface area contributed by atoms with Crippen LogP contribution in [0.15, 0.2) is 10.5 Å². The summed E-state index contributed by atoms with van der Waals surface area (Å²) in [4.78, 5) is 0. The molecule has 0 saturated heterocycles. The molecule has 0 fully saturated rings. The van der Waals surface area contributed by atoms with Crippen molar-refractivity contribution in [2.45, 2.75) is 13.0 Å². The van der Waals surface area contributed by atoms with Gasteiger partial charge in [0.2, 0.25) is 0 Å². The van der Waals surface area contributed by atoms with Crippen molar-refractivity contribution in [2.24, 2.45) is 0 Å². The van der Waals surface area contributed by atoms with Gasteiger partial charge in [0.15, 0.2) is 0 Å². The fourth-order valence-corrected chi connectivity index (χ4v) is 3.28. The highest BCUT2D eigenvalue weighted by molar-refractivity contribution is 14.1. The lowest BCUT2D eigenvalue weighted by atomic mass is 10.0. The normalized spacial score (nSPS) is 15.6. The Morgan fingerprint density at radius 2 is 2.23 bits per heavy atom. The van der Waals surface area contributed by atoms with Gasteiger partial charge in [-0.1, -0.05) is 0 Å². The number of nitrogens with one attached hydrogen (secondary N) is 1. The molecular formula is C9H8BrFIN. The molecule has 0 aliphatic carbocycles. The summed E-state index contributed by atoms with van der Waals surface area (Å²) in [5.74, 6) is -0.0862. The zero-order valence-electron chi connectivity index (χ0n) is 6.83. The SMILES string of the molecule is Fc1c(Br)cc(I)c2c1CCNC2. The van der Waals surface area contributed by atoms with Crippen LogP contribution in [0.5, 0.6) is 0 Å². The quantitative estimate of drug-likeness (QED) is 0.557. The molecule has 1 aromatic carbocycles. The molecule has 0 aromatic heterocycles. The minimum absolute atomic E-state index is 0.0862. The van der Waals surface area contributed by atoms with Gasteiger partial charge in [-0.05, 0) is 68.7 Å². The van der Waals surface area contributed by atoms with E-state index in [0.29, 0.717) is 4.47 Å². The van der Waals surface area contributed by atoms with Crippen LogP contribution in [0.3, 0.4) is 0 Å². The zero-order valence-corrected chi connectivity index (χ0v) is 10.6. The van der Waals surface area contributed by atoms with Crippen LogP contribution in [-0.2, 0) is 13.0 Å². The zero-order chi connectivity index (χ0) is 9.42. The molecule has 70 valence electrons. The third-order valence-corrected chi connectivity index (χ3v) is 3.77. The van der Waals surface area contributed by atoms with E-state index < -0.39 is 0 Å². The van der Waals surface area contributed by atoms with Crippen molar-refractivity contribution in [3.8, 4) is 0 Å². The smallest absolute Gasteiger partial charge is 0.141 e. The van der Waals surface area contributed by atoms with Crippen LogP contribution < -0.4 is 5.32 Å². The van der Waals surface area contributed by atoms with Gasteiger partial charge in [0.1, 0.15) is 5.82 Å². The molecule has 4 heteroatoms. The molecule has 1 aliphatic heterocycles. The fraction of sp³-hybridized carbons (Fsp3) is 0.333. The van der Waals surface area contributed by atoms with Gasteiger partial charge in [-0.2, -0.15) is 0 Å². The summed E-state index contributed by atoms with van der Waals surface area (Å²) in [6, 6.07) is 1.84. The predicted octanol–water partition coefficient (Wildman–Crippen LogP) is 2.84. The van der Waals surface area contributed by atoms with E-state index in [4.69, 9.17) is 0 Å². The standard InChI is InChI=1S/C9H8BrFIN/c10-7-3-8(12)6-4-13-2-1-5(6)9(7)11/h3,13H,1-2,4H2. The van der Waals surface area contributed by atoms with Gasteiger partial charge in [-0.3, -0.25) is 0 Å². The van der Waals surface area contributed by atoms with Crippen molar-refractivity contribution in [3.63, 3.8) is 0 Å². The number of benzene rings is 1. The van der Waals surface area contributed by atoms with Crippen LogP contribution in [0.25, 0.3) is 0 Å². The highest BCUT2D eigenvalue weighted by Crippen LogP contribution is 2.28. The Bertz CT molecular complexity index is 354. The Kier molecular flexibility index (Phi) is 2.90. The van der Waals surface area contributed by atoms with Crippen molar-refractivity contribution in [1.29, 1.82) is 0 Å². The fourth-order valence-electron chi connectivity index (χ4n) is 1.56. The first-order valence-corrected chi connectivity index (χ1v) is 5.93. The highest BCUT2D eigenvalue weighted by Gasteiger charge is 2.18. The van der Waals surface area contributed by atoms with Crippen LogP contribution in [0.1, 0.15) is 11.1 Å². The summed E-state index contributed by atoms with van der Waals surface area (Å²) in [6.45, 7) is 1.66. The van der Waals surface area contributed by atoms with Gasteiger partial charge < -0.3 is 5.32 Å². The van der Waals surface area contributed by atoms with Crippen molar-refractivity contribution in [2.75, 3.05) is 6.54 Å². The van der Waals surface area contributed by atoms with Gasteiger partial charge in [0.05, 0.1) is 4.47 Å². The summed E-state index contributed by atoms with van der Waals surface area (Å²) >= 11 is 5.47. The Morgan fingerprint density at radius 3 is 3.00 bits per heavy atom. The van der Waals surface area contributed by atoms with E-state index in [-0.39, 0.29) is 5.82 Å². The van der Waals surface area contributed by atoms with Crippen LogP contribution in [-0.4, -0.2) is 6.54 Å². The molecule has 2 rings (SSSR count). The van der Waals surface area contributed by atoms with Gasteiger partial charge in [-0.15, -0.1) is 0 Å². The second kappa shape index (κ2) is 3.82. The summed E-state index contributed by atoms with van der Waals surface area (Å²) < 4.78 is 15.3. The van der Waals surface area contributed by atoms with Crippen molar-refractivity contribution in [1.82, 2.24) is 5.32 Å². The maximum absolute atomic E-state index is 13.6. The summed E-state index contributed by atoms with van der Waals surface area (Å²) in [7, 11) is 0. The van der Waals surface area contributed by atoms with Crippen molar-refractivity contribution in [3.05, 3.63) is 31.1 Å². The average molecular weight is 356 g/mol. The molecule has 0 spiro atoms. The maximum Gasteiger partial charge on any atom is 0.141 e. The number of halogens is 3. The Balaban J connectivity index is 2.63. The van der Waals surface area contributed by atoms with Gasteiger partial charge >= 0.3 is 0 Å². The first-order chi connectivity index (χ1) is 6.20. The summed E-state index contributed by atoms with van der Waals surface area (Å²) in [6.07, 6.45) is 0.788. The lowest BCUT2D eigenvalue weighted by Gasteiger charge is -2.19. The molecule has 0 saturated carbocycles. The first kappa shape index (κ1) is 9.86. The lowest BCUT2D eigenvalue weighted by Crippen LogP contribution is -2.25. The molecule has 1 nitrogen and oxygen atoms in total. The van der Waals surface area contributed by atoms with Crippen LogP contribution in [0.4, 0.5) is 4.39 Å². The van der Waals surface area contributed by atoms with Crippen molar-refractivity contribution < 1.29 is 4.39 Å². The number of hydrogen-bond acceptors (Lipinski definition) is 1. The largest absolute Gasteiger partial charge is 0.312 e. The topological polar surface area (TPSA) is 12.0 Å². The lowest BCUT2D eigenvalue weighted by molar-refractivity contribution is 0.562. The minimum atomic E-state index is -0.0862. The summed E-state index contributed by atoms with van der Waals surface area (Å²) in [5.41, 5.74) is 1.99. The third kappa shape index (κ3) is 1.76. The molecule has 0 unspecified atom stereocenters. The number of fused-ring (bicyclic) bond motifs is 1. The van der Waals surface area contributed by atoms with Gasteiger partial charge in [-0.25, -0.2) is 4.39 Å². The molecular weight excluding hydrogens is 348 g/mol. The molecule has 1 aliphatic rings. The monoisotopic (exact) mass is 355 g/mol. The van der Waals surface area contributed by atoms with E-state index in [1.54, 1.807) is 0 Å². The van der Waals surface area contributed by atoms with E-state index >= 15 is 0 Å². The van der Waals surface area contributed by atoms with Gasteiger partial charge in [0, 0.05) is 10.1 Å². The average Bonchev–Trinajstić information content (AvgIpc) is 2.15. The second-order valence-electron chi connectivity index (χ2n) is 3.04. The van der Waals surface area contributed by atoms with E-state index in [9.17, 15) is 4.39 Å². The first-order valence-electron chi connectivity index (χ1n) is 4.06.